The van der Waals surface area contributed by atoms with E-state index in [0.29, 0.717) is 6.04 Å². The fourth-order valence-electron chi connectivity index (χ4n) is 1.32. The lowest BCUT2D eigenvalue weighted by Crippen LogP contribution is -2.19. The van der Waals surface area contributed by atoms with Crippen molar-refractivity contribution in [3.8, 4) is 0 Å². The fraction of sp³-hybridized carbons (Fsp3) is 0.455. The molecule has 1 aromatic rings. The maximum absolute atomic E-state index is 6.13. The predicted octanol–water partition coefficient (Wildman–Crippen LogP) is 3.35. The van der Waals surface area contributed by atoms with E-state index < -0.39 is 0 Å². The van der Waals surface area contributed by atoms with Crippen LogP contribution < -0.4 is 5.32 Å². The highest BCUT2D eigenvalue weighted by Gasteiger charge is 2.11. The molecule has 1 atom stereocenters. The van der Waals surface area contributed by atoms with E-state index in [-0.39, 0.29) is 0 Å². The van der Waals surface area contributed by atoms with Crippen LogP contribution in [0, 0.1) is 0 Å². The number of benzene rings is 1. The molecule has 1 unspecified atom stereocenters. The Bertz CT molecular complexity index is 278. The molecule has 0 bridgehead atoms. The van der Waals surface area contributed by atoms with E-state index in [9.17, 15) is 0 Å². The lowest BCUT2D eigenvalue weighted by atomic mass is 10.1. The van der Waals surface area contributed by atoms with Gasteiger partial charge in [-0.15, -0.1) is 0 Å². The number of thioether (sulfide) groups is 1. The zero-order chi connectivity index (χ0) is 10.4. The number of rotatable bonds is 5. The van der Waals surface area contributed by atoms with E-state index in [0.717, 1.165) is 16.5 Å². The molecule has 0 fully saturated rings. The fourth-order valence-corrected chi connectivity index (χ4v) is 2.41. The Morgan fingerprint density at radius 3 is 2.71 bits per heavy atom. The average molecular weight is 230 g/mol. The molecule has 0 saturated heterocycles. The quantitative estimate of drug-likeness (QED) is 0.831. The van der Waals surface area contributed by atoms with Crippen LogP contribution in [0.4, 0.5) is 0 Å². The van der Waals surface area contributed by atoms with Gasteiger partial charge in [-0.05, 0) is 24.4 Å². The van der Waals surface area contributed by atoms with Crippen molar-refractivity contribution in [3.05, 3.63) is 34.9 Å². The van der Waals surface area contributed by atoms with Crippen LogP contribution in [0.2, 0.25) is 5.02 Å². The van der Waals surface area contributed by atoms with Gasteiger partial charge in [0, 0.05) is 16.8 Å². The SMILES string of the molecule is CCSCC(NC)c1ccccc1Cl. The molecule has 0 aliphatic heterocycles. The third-order valence-electron chi connectivity index (χ3n) is 2.12. The molecule has 0 aliphatic rings. The van der Waals surface area contributed by atoms with E-state index in [4.69, 9.17) is 11.6 Å². The molecule has 1 aromatic carbocycles. The minimum Gasteiger partial charge on any atom is -0.312 e. The van der Waals surface area contributed by atoms with Crippen molar-refractivity contribution in [3.63, 3.8) is 0 Å². The van der Waals surface area contributed by atoms with E-state index in [1.54, 1.807) is 0 Å². The molecule has 1 rings (SSSR count). The smallest absolute Gasteiger partial charge is 0.0454 e. The van der Waals surface area contributed by atoms with Crippen molar-refractivity contribution >= 4 is 23.4 Å². The summed E-state index contributed by atoms with van der Waals surface area (Å²) in [5.41, 5.74) is 1.19. The molecular weight excluding hydrogens is 214 g/mol. The molecule has 14 heavy (non-hydrogen) atoms. The lowest BCUT2D eigenvalue weighted by Gasteiger charge is -2.17. The first-order valence-corrected chi connectivity index (χ1v) is 6.32. The third-order valence-corrected chi connectivity index (χ3v) is 3.44. The summed E-state index contributed by atoms with van der Waals surface area (Å²) >= 11 is 8.05. The summed E-state index contributed by atoms with van der Waals surface area (Å²) in [5.74, 6) is 2.21. The molecule has 1 N–H and O–H groups in total. The first-order valence-electron chi connectivity index (χ1n) is 4.79. The van der Waals surface area contributed by atoms with Gasteiger partial charge < -0.3 is 5.32 Å². The summed E-state index contributed by atoms with van der Waals surface area (Å²) in [6.45, 7) is 2.17. The minimum atomic E-state index is 0.355. The van der Waals surface area contributed by atoms with Gasteiger partial charge >= 0.3 is 0 Å². The van der Waals surface area contributed by atoms with Crippen LogP contribution in [-0.2, 0) is 0 Å². The standard InChI is InChI=1S/C11H16ClNS/c1-3-14-8-11(13-2)9-6-4-5-7-10(9)12/h4-7,11,13H,3,8H2,1-2H3. The van der Waals surface area contributed by atoms with E-state index in [1.165, 1.54) is 5.56 Å². The van der Waals surface area contributed by atoms with Crippen molar-refractivity contribution in [1.82, 2.24) is 5.32 Å². The maximum atomic E-state index is 6.13. The Kier molecular flexibility index (Phi) is 5.38. The van der Waals surface area contributed by atoms with Crippen molar-refractivity contribution in [2.24, 2.45) is 0 Å². The van der Waals surface area contributed by atoms with E-state index in [2.05, 4.69) is 18.3 Å². The van der Waals surface area contributed by atoms with Gasteiger partial charge in [0.1, 0.15) is 0 Å². The second-order valence-electron chi connectivity index (χ2n) is 3.02. The molecule has 0 heterocycles. The number of halogens is 1. The number of nitrogens with one attached hydrogen (secondary N) is 1. The molecule has 0 amide bonds. The van der Waals surface area contributed by atoms with Gasteiger partial charge in [0.2, 0.25) is 0 Å². The zero-order valence-corrected chi connectivity index (χ0v) is 10.2. The first kappa shape index (κ1) is 11.9. The normalized spacial score (nSPS) is 12.8. The summed E-state index contributed by atoms with van der Waals surface area (Å²) in [7, 11) is 1.98. The van der Waals surface area contributed by atoms with Crippen LogP contribution in [0.5, 0.6) is 0 Å². The van der Waals surface area contributed by atoms with Crippen LogP contribution >= 0.6 is 23.4 Å². The van der Waals surface area contributed by atoms with Crippen molar-refractivity contribution in [2.45, 2.75) is 13.0 Å². The van der Waals surface area contributed by atoms with E-state index >= 15 is 0 Å². The van der Waals surface area contributed by atoms with Crippen LogP contribution in [0.1, 0.15) is 18.5 Å². The van der Waals surface area contributed by atoms with Gasteiger partial charge in [-0.1, -0.05) is 36.7 Å². The summed E-state index contributed by atoms with van der Waals surface area (Å²) in [6.07, 6.45) is 0. The first-order chi connectivity index (χ1) is 6.79. The molecular formula is C11H16ClNS. The van der Waals surface area contributed by atoms with Crippen LogP contribution in [0.3, 0.4) is 0 Å². The Morgan fingerprint density at radius 2 is 2.14 bits per heavy atom. The van der Waals surface area contributed by atoms with Gasteiger partial charge in [-0.3, -0.25) is 0 Å². The van der Waals surface area contributed by atoms with Crippen molar-refractivity contribution in [2.75, 3.05) is 18.6 Å². The molecule has 1 nitrogen and oxygen atoms in total. The molecule has 0 aliphatic carbocycles. The summed E-state index contributed by atoms with van der Waals surface area (Å²) in [5, 5.41) is 4.14. The van der Waals surface area contributed by atoms with Gasteiger partial charge in [0.25, 0.3) is 0 Å². The van der Waals surface area contributed by atoms with Gasteiger partial charge in [-0.25, -0.2) is 0 Å². The summed E-state index contributed by atoms with van der Waals surface area (Å²) in [6, 6.07) is 8.37. The van der Waals surface area contributed by atoms with Crippen molar-refractivity contribution < 1.29 is 0 Å². The third kappa shape index (κ3) is 3.19. The highest BCUT2D eigenvalue weighted by atomic mass is 35.5. The highest BCUT2D eigenvalue weighted by Crippen LogP contribution is 2.24. The van der Waals surface area contributed by atoms with Gasteiger partial charge in [-0.2, -0.15) is 11.8 Å². The highest BCUT2D eigenvalue weighted by molar-refractivity contribution is 7.99. The topological polar surface area (TPSA) is 12.0 Å². The molecule has 0 saturated carbocycles. The monoisotopic (exact) mass is 229 g/mol. The van der Waals surface area contributed by atoms with Crippen LogP contribution in [0.15, 0.2) is 24.3 Å². The van der Waals surface area contributed by atoms with E-state index in [1.807, 2.05) is 37.0 Å². The molecule has 0 spiro atoms. The lowest BCUT2D eigenvalue weighted by molar-refractivity contribution is 0.662. The van der Waals surface area contributed by atoms with Crippen LogP contribution in [0.25, 0.3) is 0 Å². The molecule has 0 aromatic heterocycles. The minimum absolute atomic E-state index is 0.355. The molecule has 78 valence electrons. The maximum Gasteiger partial charge on any atom is 0.0454 e. The van der Waals surface area contributed by atoms with Gasteiger partial charge in [0.05, 0.1) is 0 Å². The largest absolute Gasteiger partial charge is 0.312 e. The predicted molar refractivity (Wildman–Crippen MR) is 66.3 cm³/mol. The Hall–Kier alpha value is -0.180. The number of hydrogen-bond acceptors (Lipinski definition) is 2. The van der Waals surface area contributed by atoms with Gasteiger partial charge in [0.15, 0.2) is 0 Å². The van der Waals surface area contributed by atoms with Crippen LogP contribution in [-0.4, -0.2) is 18.6 Å². The Balaban J connectivity index is 2.73. The Labute approximate surface area is 95.2 Å². The summed E-state index contributed by atoms with van der Waals surface area (Å²) in [4.78, 5) is 0. The Morgan fingerprint density at radius 1 is 1.43 bits per heavy atom. The zero-order valence-electron chi connectivity index (χ0n) is 8.59. The second-order valence-corrected chi connectivity index (χ2v) is 4.75. The van der Waals surface area contributed by atoms with Crippen molar-refractivity contribution in [1.29, 1.82) is 0 Å². The molecule has 3 heteroatoms. The summed E-state index contributed by atoms with van der Waals surface area (Å²) < 4.78 is 0. The number of hydrogen-bond donors (Lipinski definition) is 1. The average Bonchev–Trinajstić information content (AvgIpc) is 2.21. The molecule has 0 radical (unpaired) electrons. The second kappa shape index (κ2) is 6.33.